The topological polar surface area (TPSA) is 27.0 Å². The van der Waals surface area contributed by atoms with Gasteiger partial charge in [0.1, 0.15) is 5.82 Å². The molecule has 0 atom stereocenters. The van der Waals surface area contributed by atoms with Crippen LogP contribution in [0.5, 0.6) is 0 Å². The lowest BCUT2D eigenvalue weighted by Crippen LogP contribution is -2.16. The number of halogens is 1. The van der Waals surface area contributed by atoms with Gasteiger partial charge in [0, 0.05) is 19.7 Å². The Labute approximate surface area is 118 Å². The van der Waals surface area contributed by atoms with Crippen LogP contribution in [0, 0.1) is 17.1 Å². The van der Waals surface area contributed by atoms with Crippen molar-refractivity contribution in [3.8, 4) is 6.07 Å². The van der Waals surface area contributed by atoms with E-state index in [1.165, 1.54) is 18.2 Å². The molecule has 2 nitrogen and oxygen atoms in total. The maximum atomic E-state index is 13.0. The quantitative estimate of drug-likeness (QED) is 0.786. The minimum Gasteiger partial charge on any atom is -0.369 e. The Bertz CT molecular complexity index is 624. The minimum absolute atomic E-state index is 0.282. The molecule has 0 N–H and O–H groups in total. The summed E-state index contributed by atoms with van der Waals surface area (Å²) in [4.78, 5) is 1.98. The molecule has 2 rings (SSSR count). The number of nitrogens with zero attached hydrogens (tertiary/aromatic N) is 2. The first kappa shape index (κ1) is 13.8. The van der Waals surface area contributed by atoms with Gasteiger partial charge in [-0.15, -0.1) is 0 Å². The molecule has 0 unspecified atom stereocenters. The Morgan fingerprint density at radius 3 is 2.40 bits per heavy atom. The Kier molecular flexibility index (Phi) is 4.52. The van der Waals surface area contributed by atoms with Gasteiger partial charge < -0.3 is 4.90 Å². The monoisotopic (exact) mass is 266 g/mol. The Morgan fingerprint density at radius 1 is 1.15 bits per heavy atom. The number of hydrogen-bond donors (Lipinski definition) is 0. The molecule has 0 spiro atoms. The van der Waals surface area contributed by atoms with Crippen LogP contribution in [0.15, 0.2) is 60.7 Å². The fourth-order valence-corrected chi connectivity index (χ4v) is 2.04. The van der Waals surface area contributed by atoms with E-state index < -0.39 is 0 Å². The molecule has 0 fully saturated rings. The zero-order valence-corrected chi connectivity index (χ0v) is 11.3. The van der Waals surface area contributed by atoms with Crippen molar-refractivity contribution in [2.45, 2.75) is 6.54 Å². The van der Waals surface area contributed by atoms with Gasteiger partial charge in [0.25, 0.3) is 0 Å². The molecule has 20 heavy (non-hydrogen) atoms. The first-order valence-corrected chi connectivity index (χ1v) is 6.31. The predicted octanol–water partition coefficient (Wildman–Crippen LogP) is 3.82. The van der Waals surface area contributed by atoms with Crippen LogP contribution in [0.2, 0.25) is 0 Å². The second-order valence-electron chi connectivity index (χ2n) is 4.51. The number of nitriles is 1. The largest absolute Gasteiger partial charge is 0.369 e. The van der Waals surface area contributed by atoms with E-state index in [0.717, 1.165) is 16.8 Å². The number of hydrogen-bond acceptors (Lipinski definition) is 2. The van der Waals surface area contributed by atoms with E-state index in [2.05, 4.69) is 6.07 Å². The molecule has 0 aliphatic heterocycles. The van der Waals surface area contributed by atoms with Crippen molar-refractivity contribution in [2.24, 2.45) is 0 Å². The average molecular weight is 266 g/mol. The molecule has 0 aliphatic carbocycles. The lowest BCUT2D eigenvalue weighted by molar-refractivity contribution is 0.475. The Morgan fingerprint density at radius 2 is 1.80 bits per heavy atom. The van der Waals surface area contributed by atoms with Crippen molar-refractivity contribution in [1.29, 1.82) is 5.26 Å². The lowest BCUT2D eigenvalue weighted by atomic mass is 10.1. The highest BCUT2D eigenvalue weighted by Crippen LogP contribution is 2.20. The highest BCUT2D eigenvalue weighted by molar-refractivity contribution is 5.66. The van der Waals surface area contributed by atoms with Crippen LogP contribution >= 0.6 is 0 Å². The van der Waals surface area contributed by atoms with E-state index in [1.54, 1.807) is 12.1 Å². The van der Waals surface area contributed by atoms with Gasteiger partial charge in [-0.25, -0.2) is 4.39 Å². The smallest absolute Gasteiger partial charge is 0.123 e. The standard InChI is InChI=1S/C17H15FN2/c1-20(13-14-5-3-2-4-6-14)17(11-12-19)15-7-9-16(18)10-8-15/h2-11H,13H2,1H3. The molecule has 0 heterocycles. The molecule has 0 saturated heterocycles. The zero-order chi connectivity index (χ0) is 14.4. The van der Waals surface area contributed by atoms with E-state index in [4.69, 9.17) is 5.26 Å². The van der Waals surface area contributed by atoms with Gasteiger partial charge >= 0.3 is 0 Å². The van der Waals surface area contributed by atoms with Crippen LogP contribution in [0.4, 0.5) is 4.39 Å². The Hall–Kier alpha value is -2.60. The predicted molar refractivity (Wildman–Crippen MR) is 77.9 cm³/mol. The second kappa shape index (κ2) is 6.53. The SMILES string of the molecule is CN(Cc1ccccc1)C(=CC#N)c1ccc(F)cc1. The summed E-state index contributed by atoms with van der Waals surface area (Å²) < 4.78 is 13.0. The second-order valence-corrected chi connectivity index (χ2v) is 4.51. The summed E-state index contributed by atoms with van der Waals surface area (Å²) in [6.07, 6.45) is 1.48. The van der Waals surface area contributed by atoms with Gasteiger partial charge in [0.05, 0.1) is 11.8 Å². The maximum Gasteiger partial charge on any atom is 0.123 e. The van der Waals surface area contributed by atoms with Crippen molar-refractivity contribution in [3.05, 3.63) is 77.6 Å². The molecule has 100 valence electrons. The van der Waals surface area contributed by atoms with Crippen LogP contribution < -0.4 is 0 Å². The maximum absolute atomic E-state index is 13.0. The fraction of sp³-hybridized carbons (Fsp3) is 0.118. The molecule has 2 aromatic carbocycles. The molecular weight excluding hydrogens is 251 g/mol. The summed E-state index contributed by atoms with van der Waals surface area (Å²) in [5.41, 5.74) is 2.75. The zero-order valence-electron chi connectivity index (χ0n) is 11.3. The molecule has 3 heteroatoms. The third-order valence-corrected chi connectivity index (χ3v) is 3.02. The molecule has 0 amide bonds. The normalized spacial score (nSPS) is 10.9. The molecular formula is C17H15FN2. The summed E-state index contributed by atoms with van der Waals surface area (Å²) >= 11 is 0. The highest BCUT2D eigenvalue weighted by Gasteiger charge is 2.08. The van der Waals surface area contributed by atoms with Crippen LogP contribution in [0.25, 0.3) is 5.70 Å². The average Bonchev–Trinajstić information content (AvgIpc) is 2.47. The van der Waals surface area contributed by atoms with Crippen LogP contribution in [-0.2, 0) is 6.54 Å². The summed E-state index contributed by atoms with van der Waals surface area (Å²) in [6, 6.07) is 18.2. The summed E-state index contributed by atoms with van der Waals surface area (Å²) in [7, 11) is 1.92. The Balaban J connectivity index is 2.23. The van der Waals surface area contributed by atoms with Gasteiger partial charge in [-0.05, 0) is 35.4 Å². The minimum atomic E-state index is -0.282. The molecule has 0 radical (unpaired) electrons. The van der Waals surface area contributed by atoms with E-state index in [-0.39, 0.29) is 5.82 Å². The summed E-state index contributed by atoms with van der Waals surface area (Å²) in [6.45, 7) is 0.686. The van der Waals surface area contributed by atoms with Gasteiger partial charge in [0.2, 0.25) is 0 Å². The fourth-order valence-electron chi connectivity index (χ4n) is 2.04. The van der Waals surface area contributed by atoms with E-state index in [1.807, 2.05) is 42.3 Å². The van der Waals surface area contributed by atoms with Crippen LogP contribution in [0.3, 0.4) is 0 Å². The molecule has 0 bridgehead atoms. The summed E-state index contributed by atoms with van der Waals surface area (Å²) in [5, 5.41) is 8.94. The third kappa shape index (κ3) is 3.46. The van der Waals surface area contributed by atoms with Crippen molar-refractivity contribution in [3.63, 3.8) is 0 Å². The van der Waals surface area contributed by atoms with Crippen molar-refractivity contribution >= 4 is 5.70 Å². The van der Waals surface area contributed by atoms with Gasteiger partial charge in [-0.3, -0.25) is 0 Å². The molecule has 0 aromatic heterocycles. The number of benzene rings is 2. The molecule has 2 aromatic rings. The van der Waals surface area contributed by atoms with Crippen LogP contribution in [-0.4, -0.2) is 11.9 Å². The van der Waals surface area contributed by atoms with E-state index in [0.29, 0.717) is 6.54 Å². The van der Waals surface area contributed by atoms with Crippen molar-refractivity contribution < 1.29 is 4.39 Å². The molecule has 0 saturated carbocycles. The van der Waals surface area contributed by atoms with E-state index in [9.17, 15) is 4.39 Å². The lowest BCUT2D eigenvalue weighted by Gasteiger charge is -2.22. The van der Waals surface area contributed by atoms with Gasteiger partial charge in [0.15, 0.2) is 0 Å². The van der Waals surface area contributed by atoms with Crippen LogP contribution in [0.1, 0.15) is 11.1 Å². The third-order valence-electron chi connectivity index (χ3n) is 3.02. The summed E-state index contributed by atoms with van der Waals surface area (Å²) in [5.74, 6) is -0.282. The van der Waals surface area contributed by atoms with Gasteiger partial charge in [-0.1, -0.05) is 30.3 Å². The van der Waals surface area contributed by atoms with Crippen molar-refractivity contribution in [1.82, 2.24) is 4.90 Å². The highest BCUT2D eigenvalue weighted by atomic mass is 19.1. The number of rotatable bonds is 4. The first-order chi connectivity index (χ1) is 9.70. The molecule has 0 aliphatic rings. The van der Waals surface area contributed by atoms with E-state index >= 15 is 0 Å². The first-order valence-electron chi connectivity index (χ1n) is 6.31. The number of allylic oxidation sites excluding steroid dienone is 1. The van der Waals surface area contributed by atoms with Gasteiger partial charge in [-0.2, -0.15) is 5.26 Å². The van der Waals surface area contributed by atoms with Crippen molar-refractivity contribution in [2.75, 3.05) is 7.05 Å².